The molecular formula is C109H129Cl3N16O14. The number of nitrogens with zero attached hydrogens (tertiary/aromatic N) is 14. The first-order valence-electron chi connectivity index (χ1n) is 49.7. The fourth-order valence-corrected chi connectivity index (χ4v) is 23.0. The second-order valence-electron chi connectivity index (χ2n) is 42.1. The summed E-state index contributed by atoms with van der Waals surface area (Å²) < 4.78 is 10.7. The van der Waals surface area contributed by atoms with E-state index in [0.717, 1.165) is 193 Å². The third-order valence-electron chi connectivity index (χ3n) is 30.2. The highest BCUT2D eigenvalue weighted by atomic mass is 35.5. The quantitative estimate of drug-likeness (QED) is 0.0690. The number of hydrogen-bond donors (Lipinski definition) is 4. The molecule has 11 heterocycles. The summed E-state index contributed by atoms with van der Waals surface area (Å²) in [6.45, 7) is 34.4. The summed E-state index contributed by atoms with van der Waals surface area (Å²) in [5.41, 5.74) is 12.5. The molecule has 0 aromatic heterocycles. The molecule has 750 valence electrons. The number of ketones is 2. The third kappa shape index (κ3) is 24.3. The molecular weight excluding hydrogens is 1860 g/mol. The number of anilines is 6. The Labute approximate surface area is 846 Å². The molecule has 1 unspecified atom stereocenters. The van der Waals surface area contributed by atoms with Crippen molar-refractivity contribution in [2.24, 2.45) is 22.2 Å². The first-order chi connectivity index (χ1) is 67.7. The maximum atomic E-state index is 13.1. The van der Waals surface area contributed by atoms with Gasteiger partial charge < -0.3 is 79.3 Å². The number of carboxylic acids is 2. The van der Waals surface area contributed by atoms with Crippen LogP contribution in [0.25, 0.3) is 0 Å². The highest BCUT2D eigenvalue weighted by molar-refractivity contribution is 6.33. The molecule has 1 saturated carbocycles. The van der Waals surface area contributed by atoms with Gasteiger partial charge >= 0.3 is 24.1 Å². The lowest BCUT2D eigenvalue weighted by Crippen LogP contribution is -2.51. The lowest BCUT2D eigenvalue weighted by Gasteiger charge is -2.40. The van der Waals surface area contributed by atoms with Gasteiger partial charge in [-0.1, -0.05) is 34.8 Å². The van der Waals surface area contributed by atoms with Crippen LogP contribution >= 0.6 is 34.8 Å². The minimum absolute atomic E-state index is 0.000858. The average molecular weight is 1990 g/mol. The molecule has 0 radical (unpaired) electrons. The molecule has 10 fully saturated rings. The zero-order valence-corrected chi connectivity index (χ0v) is 84.9. The number of aliphatic carboxylic acids is 1. The average Bonchev–Trinajstić information content (AvgIpc) is 1.47. The second-order valence-corrected chi connectivity index (χ2v) is 43.4. The Kier molecular flexibility index (Phi) is 32.3. The van der Waals surface area contributed by atoms with Crippen molar-refractivity contribution < 1.29 is 67.6 Å². The number of piperazine rings is 2. The Morgan fingerprint density at radius 2 is 0.746 bits per heavy atom. The number of piperidine rings is 4. The van der Waals surface area contributed by atoms with Crippen LogP contribution in [0, 0.1) is 56.2 Å². The molecule has 7 aromatic rings. The van der Waals surface area contributed by atoms with E-state index in [9.17, 15) is 63.6 Å². The number of fused-ring (bicyclic) bond motifs is 2. The number of halogens is 3. The van der Waals surface area contributed by atoms with Crippen LogP contribution in [0.2, 0.25) is 15.1 Å². The lowest BCUT2D eigenvalue weighted by atomic mass is 9.76. The fraction of sp³-hybridized carbons (Fsp3) is 0.495. The van der Waals surface area contributed by atoms with E-state index in [1.54, 1.807) is 45.0 Å². The molecule has 7 aromatic carbocycles. The number of benzene rings is 7. The molecule has 33 heteroatoms. The molecule has 142 heavy (non-hydrogen) atoms. The largest absolute Gasteiger partial charge is 0.481 e. The number of carboxylic acid groups (broad SMARTS) is 2. The van der Waals surface area contributed by atoms with E-state index in [4.69, 9.17) is 54.6 Å². The maximum Gasteiger partial charge on any atom is 0.410 e. The Morgan fingerprint density at radius 1 is 0.415 bits per heavy atom. The molecule has 4 N–H and O–H groups in total. The summed E-state index contributed by atoms with van der Waals surface area (Å²) in [5.74, 6) is -3.30. The van der Waals surface area contributed by atoms with E-state index in [0.29, 0.717) is 143 Å². The van der Waals surface area contributed by atoms with Crippen molar-refractivity contribution in [3.63, 3.8) is 0 Å². The van der Waals surface area contributed by atoms with Crippen LogP contribution < -0.4 is 40.0 Å². The van der Waals surface area contributed by atoms with Crippen LogP contribution in [-0.4, -0.2) is 254 Å². The van der Waals surface area contributed by atoms with Crippen molar-refractivity contribution >= 4 is 128 Å². The van der Waals surface area contributed by atoms with Gasteiger partial charge in [-0.3, -0.25) is 38.5 Å². The molecule has 12 aliphatic rings. The number of rotatable bonds is 11. The van der Waals surface area contributed by atoms with Gasteiger partial charge in [-0.05, 0) is 306 Å². The number of carbonyl (C=O) groups is 10. The number of amides is 6. The molecule has 3 spiro atoms. The predicted molar refractivity (Wildman–Crippen MR) is 546 cm³/mol. The summed E-state index contributed by atoms with van der Waals surface area (Å²) in [6.07, 6.45) is 10.9. The first-order valence-corrected chi connectivity index (χ1v) is 50.8. The number of nitrogens with one attached hydrogen (secondary N) is 2. The van der Waals surface area contributed by atoms with E-state index in [1.807, 2.05) is 144 Å². The number of hydrogen-bond acceptors (Lipinski definition) is 23. The van der Waals surface area contributed by atoms with Crippen molar-refractivity contribution in [2.75, 3.05) is 154 Å². The van der Waals surface area contributed by atoms with Gasteiger partial charge in [0, 0.05) is 207 Å². The summed E-state index contributed by atoms with van der Waals surface area (Å²) in [7, 11) is 0. The Bertz CT molecular complexity index is 5960. The van der Waals surface area contributed by atoms with Crippen LogP contribution in [0.3, 0.4) is 0 Å². The maximum absolute atomic E-state index is 13.1. The number of carbonyl (C=O) groups excluding carboxylic acids is 8. The van der Waals surface area contributed by atoms with E-state index in [-0.39, 0.29) is 82.6 Å². The SMILES string of the molecule is CC(C)(C)OC(=O)N1CCNCC1.C[C@H]1CC2(CCN(c3ccc(C(=O)N4CCC(C(=O)O)CC4)cc3)CC2)CN1c1ccc(C#N)c(Cl)c1.C[C@H]1CC2(CCN(c3ccc(C(=O)N4CCN(C(=O)OC(C)(C)C)CC4)cc3)CC2)CN1c1ccc(C#N)c(Cl)c1.C[C@H]1CC2(CCN(c3ccc(C(=O)O)cc3)CC2)CN1c1ccc(C#N)c(Cl)c1.O=C1CCC(N2C(=O)c3cc4c(cc3C2=O)CNC4)C(=O)C1. The molecule has 4 atom stereocenters. The van der Waals surface area contributed by atoms with Gasteiger partial charge in [-0.2, -0.15) is 15.8 Å². The highest BCUT2D eigenvalue weighted by Gasteiger charge is 2.50. The van der Waals surface area contributed by atoms with Crippen LogP contribution in [0.15, 0.2) is 140 Å². The Balaban J connectivity index is 0.000000139. The summed E-state index contributed by atoms with van der Waals surface area (Å²) in [4.78, 5) is 143. The first kappa shape index (κ1) is 104. The van der Waals surface area contributed by atoms with Gasteiger partial charge in [-0.15, -0.1) is 0 Å². The van der Waals surface area contributed by atoms with Crippen molar-refractivity contribution in [3.8, 4) is 18.2 Å². The van der Waals surface area contributed by atoms with Gasteiger partial charge in [0.2, 0.25) is 0 Å². The Hall–Kier alpha value is -12.5. The van der Waals surface area contributed by atoms with Crippen LogP contribution in [0.4, 0.5) is 43.7 Å². The van der Waals surface area contributed by atoms with Gasteiger partial charge in [-0.25, -0.2) is 14.4 Å². The predicted octanol–water partition coefficient (Wildman–Crippen LogP) is 17.0. The molecule has 19 rings (SSSR count). The number of imide groups is 1. The number of nitriles is 3. The van der Waals surface area contributed by atoms with Crippen LogP contribution in [-0.2, 0) is 36.9 Å². The third-order valence-corrected chi connectivity index (χ3v) is 31.1. The van der Waals surface area contributed by atoms with E-state index < -0.39 is 35.4 Å². The van der Waals surface area contributed by atoms with Crippen molar-refractivity contribution in [1.82, 2.24) is 35.1 Å². The van der Waals surface area contributed by atoms with Gasteiger partial charge in [0.15, 0.2) is 5.78 Å². The van der Waals surface area contributed by atoms with Gasteiger partial charge in [0.1, 0.15) is 35.2 Å². The molecule has 11 aliphatic heterocycles. The van der Waals surface area contributed by atoms with Gasteiger partial charge in [0.25, 0.3) is 23.6 Å². The lowest BCUT2D eigenvalue weighted by molar-refractivity contribution is -0.143. The number of ether oxygens (including phenoxy) is 2. The minimum atomic E-state index is -0.892. The summed E-state index contributed by atoms with van der Waals surface area (Å²) >= 11 is 18.9. The zero-order chi connectivity index (χ0) is 101. The van der Waals surface area contributed by atoms with E-state index >= 15 is 0 Å². The minimum Gasteiger partial charge on any atom is -0.481 e. The zero-order valence-electron chi connectivity index (χ0n) is 82.6. The van der Waals surface area contributed by atoms with Crippen LogP contribution in [0.5, 0.6) is 0 Å². The summed E-state index contributed by atoms with van der Waals surface area (Å²) in [5, 5.41) is 53.6. The number of Topliss-reactive ketones (excluding diaryl/α,β-unsaturated/α-hetero) is 2. The molecule has 30 nitrogen and oxygen atoms in total. The Morgan fingerprint density at radius 3 is 1.07 bits per heavy atom. The van der Waals surface area contributed by atoms with E-state index in [1.165, 1.54) is 0 Å². The second kappa shape index (κ2) is 44.2. The highest BCUT2D eigenvalue weighted by Crippen LogP contribution is 2.50. The summed E-state index contributed by atoms with van der Waals surface area (Å²) in [6, 6.07) is 50.6. The van der Waals surface area contributed by atoms with Crippen molar-refractivity contribution in [1.29, 1.82) is 15.8 Å². The standard InChI is InChI=1S/C32H40ClN5O3.C29H33ClN4O3.C23H24ClN3O2.C16H14N2O4.C9H18N2O2/c1-23-20-32(22-38(23)27-10-7-25(21-34)28(33)19-27)11-13-35(14-12-32)26-8-5-24(6-9-26)29(39)36-15-17-37(18-16-36)30(40)41-31(2,3)4;1-20-17-29(19-34(20)25-7-4-23(18-31)26(30)16-25)10-14-32(15-11-29)24-5-2-21(3-6-24)27(35)33-12-8-22(9-13-33)28(36)37;1-16-13-23(15-27(16)20-7-4-18(14-25)21(24)12-20)8-10-26(11-9-23)19-5-2-17(3-6-19)22(28)29;19-10-1-2-13(14(20)5-10)18-15(21)11-3-8-6-17-7-9(8)4-12(11)16(18)22;1-9(2,3)13-8(12)11-6-4-10-5-7-11/h5-10,19,23H,11-18,20,22H2,1-4H3;2-7,16,20,22H,8-15,17,19H2,1H3,(H,36,37);2-7,12,16H,8-11,13,15H2,1H3,(H,28,29);3-4,13,17H,1-2,5-7H2;10H,4-7H2,1-3H3/t23-;20-;16-;;/m000../s1. The van der Waals surface area contributed by atoms with Gasteiger partial charge in [0.05, 0.1) is 66.8 Å². The normalized spacial score (nSPS) is 21.3. The molecule has 1 aliphatic carbocycles. The van der Waals surface area contributed by atoms with Crippen molar-refractivity contribution in [2.45, 2.75) is 201 Å². The fourth-order valence-electron chi connectivity index (χ4n) is 22.3. The molecule has 0 bridgehead atoms. The number of likely N-dealkylation sites (tertiary alicyclic amines) is 1. The molecule has 9 saturated heterocycles. The number of aromatic carboxylic acids is 1. The van der Waals surface area contributed by atoms with Crippen molar-refractivity contribution in [3.05, 3.63) is 210 Å². The molecule has 6 amide bonds. The van der Waals surface area contributed by atoms with E-state index in [2.05, 4.69) is 91.1 Å². The van der Waals surface area contributed by atoms with Crippen LogP contribution in [0.1, 0.15) is 232 Å². The topological polar surface area (TPSA) is 361 Å². The smallest absolute Gasteiger partial charge is 0.410 e. The monoisotopic (exact) mass is 1990 g/mol.